The molecule has 29 heavy (non-hydrogen) atoms. The lowest BCUT2D eigenvalue weighted by atomic mass is 10.2. The van der Waals surface area contributed by atoms with E-state index >= 15 is 0 Å². The van der Waals surface area contributed by atoms with E-state index in [1.165, 1.54) is 6.20 Å². The van der Waals surface area contributed by atoms with Crippen molar-refractivity contribution in [2.45, 2.75) is 23.6 Å². The summed E-state index contributed by atoms with van der Waals surface area (Å²) in [6.07, 6.45) is 2.57. The molecule has 154 valence electrons. The molecule has 0 radical (unpaired) electrons. The number of benzene rings is 1. The van der Waals surface area contributed by atoms with E-state index in [0.717, 1.165) is 27.5 Å². The Morgan fingerprint density at radius 1 is 1.10 bits per heavy atom. The number of aliphatic hydroxyl groups excluding tert-OH is 1. The summed E-state index contributed by atoms with van der Waals surface area (Å²) in [6.45, 7) is -0.252. The Morgan fingerprint density at radius 3 is 2.34 bits per heavy atom. The van der Waals surface area contributed by atoms with Crippen molar-refractivity contribution in [2.24, 2.45) is 0 Å². The van der Waals surface area contributed by atoms with Gasteiger partial charge in [0.05, 0.1) is 35.6 Å². The molecular weight excluding hydrogens is 415 g/mol. The minimum atomic E-state index is -5.52. The van der Waals surface area contributed by atoms with Crippen LogP contribution in [0, 0.1) is 0 Å². The first-order valence-electron chi connectivity index (χ1n) is 8.02. The topological polar surface area (TPSA) is 114 Å². The van der Waals surface area contributed by atoms with Crippen molar-refractivity contribution in [3.63, 3.8) is 0 Å². The van der Waals surface area contributed by atoms with E-state index in [1.807, 2.05) is 0 Å². The highest BCUT2D eigenvalue weighted by atomic mass is 32.2. The van der Waals surface area contributed by atoms with Gasteiger partial charge in [0.1, 0.15) is 0 Å². The molecule has 0 aliphatic rings. The Morgan fingerprint density at radius 2 is 1.76 bits per heavy atom. The van der Waals surface area contributed by atoms with Crippen molar-refractivity contribution in [1.82, 2.24) is 14.1 Å². The number of aromatic nitrogens is 3. The van der Waals surface area contributed by atoms with Crippen molar-refractivity contribution in [1.29, 1.82) is 0 Å². The zero-order valence-corrected chi connectivity index (χ0v) is 15.4. The monoisotopic (exact) mass is 429 g/mol. The van der Waals surface area contributed by atoms with Crippen LogP contribution in [-0.2, 0) is 23.0 Å². The maximum atomic E-state index is 12.6. The third kappa shape index (κ3) is 3.89. The maximum absolute atomic E-state index is 12.6. The Labute approximate surface area is 162 Å². The lowest BCUT2D eigenvalue weighted by Crippen LogP contribution is -2.24. The number of aliphatic hydroxyl groups is 1. The number of aromatic hydroxyl groups is 1. The van der Waals surface area contributed by atoms with Gasteiger partial charge in [0.15, 0.2) is 0 Å². The van der Waals surface area contributed by atoms with Crippen LogP contribution in [0.15, 0.2) is 58.5 Å². The summed E-state index contributed by atoms with van der Waals surface area (Å²) < 4.78 is 62.7. The van der Waals surface area contributed by atoms with Gasteiger partial charge in [0, 0.05) is 6.20 Å². The highest BCUT2D eigenvalue weighted by Gasteiger charge is 2.46. The maximum Gasteiger partial charge on any atom is 0.501 e. The molecule has 2 heterocycles. The van der Waals surface area contributed by atoms with Crippen LogP contribution in [0.2, 0.25) is 0 Å². The number of hydrogen-bond donors (Lipinski definition) is 2. The van der Waals surface area contributed by atoms with E-state index in [0.29, 0.717) is 23.4 Å². The summed E-state index contributed by atoms with van der Waals surface area (Å²) in [7, 11) is -5.52. The molecule has 3 aromatic rings. The molecule has 0 saturated carbocycles. The Kier molecular flexibility index (Phi) is 5.24. The molecule has 0 unspecified atom stereocenters. The van der Waals surface area contributed by atoms with Gasteiger partial charge in [-0.3, -0.25) is 9.55 Å². The zero-order chi connectivity index (χ0) is 21.4. The summed E-state index contributed by atoms with van der Waals surface area (Å²) in [6, 6.07) is 6.56. The van der Waals surface area contributed by atoms with Gasteiger partial charge in [-0.05, 0) is 42.0 Å². The number of sulfone groups is 1. The molecule has 0 saturated heterocycles. The van der Waals surface area contributed by atoms with Crippen molar-refractivity contribution in [3.05, 3.63) is 70.5 Å². The van der Waals surface area contributed by atoms with Crippen LogP contribution in [0.25, 0.3) is 5.69 Å². The number of alkyl halides is 3. The lowest BCUT2D eigenvalue weighted by molar-refractivity contribution is -0.0436. The van der Waals surface area contributed by atoms with Crippen LogP contribution in [-0.4, -0.2) is 38.3 Å². The van der Waals surface area contributed by atoms with Gasteiger partial charge < -0.3 is 10.2 Å². The number of rotatable bonds is 5. The second-order valence-corrected chi connectivity index (χ2v) is 7.93. The van der Waals surface area contributed by atoms with Crippen molar-refractivity contribution in [2.75, 3.05) is 0 Å². The molecule has 0 aliphatic heterocycles. The Bertz CT molecular complexity index is 1200. The van der Waals surface area contributed by atoms with E-state index < -0.39 is 31.8 Å². The number of halogens is 3. The van der Waals surface area contributed by atoms with Gasteiger partial charge in [-0.2, -0.15) is 13.2 Å². The molecule has 0 atom stereocenters. The van der Waals surface area contributed by atoms with E-state index in [1.54, 1.807) is 12.1 Å². The summed E-state index contributed by atoms with van der Waals surface area (Å²) in [4.78, 5) is 15.5. The van der Waals surface area contributed by atoms with E-state index in [-0.39, 0.29) is 18.8 Å². The van der Waals surface area contributed by atoms with Crippen molar-refractivity contribution in [3.8, 4) is 11.6 Å². The number of hydrogen-bond acceptors (Lipinski definition) is 6. The molecule has 0 fully saturated rings. The Balaban J connectivity index is 1.95. The normalized spacial score (nSPS) is 12.3. The highest BCUT2D eigenvalue weighted by molar-refractivity contribution is 7.92. The third-order valence-electron chi connectivity index (χ3n) is 4.04. The van der Waals surface area contributed by atoms with Gasteiger partial charge in [-0.1, -0.05) is 0 Å². The van der Waals surface area contributed by atoms with Gasteiger partial charge in [-0.15, -0.1) is 0 Å². The molecule has 2 N–H and O–H groups in total. The van der Waals surface area contributed by atoms with Gasteiger partial charge in [0.2, 0.25) is 5.88 Å². The van der Waals surface area contributed by atoms with Crippen molar-refractivity contribution < 1.29 is 31.8 Å². The van der Waals surface area contributed by atoms with E-state index in [4.69, 9.17) is 5.11 Å². The van der Waals surface area contributed by atoms with E-state index in [9.17, 15) is 31.5 Å². The van der Waals surface area contributed by atoms with Crippen LogP contribution in [0.1, 0.15) is 11.3 Å². The van der Waals surface area contributed by atoms with Gasteiger partial charge >= 0.3 is 11.2 Å². The smallest absolute Gasteiger partial charge is 0.493 e. The number of imidazole rings is 1. The quantitative estimate of drug-likeness (QED) is 0.637. The highest BCUT2D eigenvalue weighted by Crippen LogP contribution is 2.30. The Hall–Kier alpha value is -3.12. The molecular formula is C17H14F3N3O5S. The molecule has 8 nitrogen and oxygen atoms in total. The summed E-state index contributed by atoms with van der Waals surface area (Å²) >= 11 is 0. The first kappa shape index (κ1) is 20.6. The fraction of sp³-hybridized carbons (Fsp3) is 0.176. The first-order chi connectivity index (χ1) is 13.5. The molecule has 1 aromatic carbocycles. The van der Waals surface area contributed by atoms with Crippen molar-refractivity contribution >= 4 is 9.84 Å². The largest absolute Gasteiger partial charge is 0.501 e. The van der Waals surface area contributed by atoms with E-state index in [2.05, 4.69) is 4.98 Å². The molecule has 0 amide bonds. The minimum Gasteiger partial charge on any atom is -0.493 e. The van der Waals surface area contributed by atoms with Crippen LogP contribution >= 0.6 is 0 Å². The standard InChI is InChI=1S/C17H14F3N3O5S/c18-17(19,20)29(27,28)14-3-1-13(2-4-14)23-15(25)9-22(16(23)26)8-11-5-6-21-12(7-11)10-24/h1-7,9,24-25H,8,10H2. The lowest BCUT2D eigenvalue weighted by Gasteiger charge is -2.09. The minimum absolute atomic E-state index is 0.0156. The predicted molar refractivity (Wildman–Crippen MR) is 94.2 cm³/mol. The summed E-state index contributed by atoms with van der Waals surface area (Å²) in [5, 5.41) is 19.2. The average Bonchev–Trinajstić information content (AvgIpc) is 2.94. The number of pyridine rings is 1. The molecule has 0 aliphatic carbocycles. The molecule has 3 rings (SSSR count). The fourth-order valence-corrected chi connectivity index (χ4v) is 3.41. The second kappa shape index (κ2) is 7.37. The molecule has 12 heteroatoms. The van der Waals surface area contributed by atoms with Crippen LogP contribution in [0.3, 0.4) is 0 Å². The predicted octanol–water partition coefficient (Wildman–Crippen LogP) is 1.57. The van der Waals surface area contributed by atoms with Crippen LogP contribution < -0.4 is 5.69 Å². The number of nitrogens with zero attached hydrogens (tertiary/aromatic N) is 3. The first-order valence-corrected chi connectivity index (χ1v) is 9.50. The summed E-state index contributed by atoms with van der Waals surface area (Å²) in [5.41, 5.74) is -5.15. The van der Waals surface area contributed by atoms with Gasteiger partial charge in [-0.25, -0.2) is 17.8 Å². The fourth-order valence-electron chi connectivity index (χ4n) is 2.65. The SMILES string of the molecule is O=c1n(Cc2ccnc(CO)c2)cc(O)n1-c1ccc(S(=O)(=O)C(F)(F)F)cc1. The third-order valence-corrected chi connectivity index (χ3v) is 5.55. The summed E-state index contributed by atoms with van der Waals surface area (Å²) in [5.74, 6) is -0.488. The van der Waals surface area contributed by atoms with Gasteiger partial charge in [0.25, 0.3) is 9.84 Å². The second-order valence-electron chi connectivity index (χ2n) is 5.99. The van der Waals surface area contributed by atoms with Crippen LogP contribution in [0.5, 0.6) is 5.88 Å². The molecule has 0 bridgehead atoms. The van der Waals surface area contributed by atoms with Crippen LogP contribution in [0.4, 0.5) is 13.2 Å². The zero-order valence-electron chi connectivity index (χ0n) is 14.5. The molecule has 0 spiro atoms. The average molecular weight is 429 g/mol. The molecule has 2 aromatic heterocycles.